The van der Waals surface area contributed by atoms with Gasteiger partial charge in [-0.1, -0.05) is 25.0 Å². The van der Waals surface area contributed by atoms with E-state index < -0.39 is 0 Å². The first kappa shape index (κ1) is 13.6. The molecule has 0 saturated heterocycles. The molecule has 0 aliphatic rings. The highest BCUT2D eigenvalue weighted by molar-refractivity contribution is 5.74. The number of benzene rings is 1. The first-order valence-electron chi connectivity index (χ1n) is 6.94. The number of rotatable bonds is 7. The van der Waals surface area contributed by atoms with Gasteiger partial charge in [0.15, 0.2) is 0 Å². The van der Waals surface area contributed by atoms with Crippen LogP contribution in [0.3, 0.4) is 0 Å². The van der Waals surface area contributed by atoms with Gasteiger partial charge in [0.05, 0.1) is 11.0 Å². The van der Waals surface area contributed by atoms with E-state index >= 15 is 0 Å². The molecule has 0 saturated carbocycles. The molecule has 0 spiro atoms. The third kappa shape index (κ3) is 4.39. The summed E-state index contributed by atoms with van der Waals surface area (Å²) >= 11 is 0. The highest BCUT2D eigenvalue weighted by Gasteiger charge is 2.01. The molecule has 1 heterocycles. The maximum atomic E-state index is 10.7. The number of unbranched alkanes of at least 4 members (excludes halogenated alkanes) is 3. The number of aryl methyl sites for hydroxylation is 1. The van der Waals surface area contributed by atoms with Crippen LogP contribution in [0.15, 0.2) is 24.3 Å². The zero-order valence-electron chi connectivity index (χ0n) is 11.4. The summed E-state index contributed by atoms with van der Waals surface area (Å²) in [5, 5.41) is 2.81. The van der Waals surface area contributed by atoms with Crippen LogP contribution in [-0.2, 0) is 11.2 Å². The highest BCUT2D eigenvalue weighted by Crippen LogP contribution is 2.12. The summed E-state index contributed by atoms with van der Waals surface area (Å²) in [7, 11) is 0. The van der Waals surface area contributed by atoms with Gasteiger partial charge < -0.3 is 10.3 Å². The topological polar surface area (TPSA) is 57.8 Å². The Labute approximate surface area is 113 Å². The maximum Gasteiger partial charge on any atom is 0.216 e. The molecular formula is C15H21N3O. The molecule has 0 unspecified atom stereocenters. The molecule has 4 heteroatoms. The largest absolute Gasteiger partial charge is 0.356 e. The van der Waals surface area contributed by atoms with Crippen molar-refractivity contribution in [1.29, 1.82) is 0 Å². The Morgan fingerprint density at radius 3 is 2.79 bits per heavy atom. The number of carbonyl (C=O) groups is 1. The number of carbonyl (C=O) groups excluding carboxylic acids is 1. The molecule has 0 radical (unpaired) electrons. The van der Waals surface area contributed by atoms with Gasteiger partial charge in [-0.25, -0.2) is 4.98 Å². The predicted molar refractivity (Wildman–Crippen MR) is 76.9 cm³/mol. The Morgan fingerprint density at radius 1 is 1.21 bits per heavy atom. The van der Waals surface area contributed by atoms with Crippen molar-refractivity contribution in [1.82, 2.24) is 15.3 Å². The fraction of sp³-hybridized carbons (Fsp3) is 0.467. The zero-order chi connectivity index (χ0) is 13.5. The summed E-state index contributed by atoms with van der Waals surface area (Å²) in [6.45, 7) is 2.35. The van der Waals surface area contributed by atoms with E-state index in [1.54, 1.807) is 6.92 Å². The number of fused-ring (bicyclic) bond motifs is 1. The number of hydrogen-bond donors (Lipinski definition) is 2. The molecule has 102 valence electrons. The third-order valence-corrected chi connectivity index (χ3v) is 3.15. The quantitative estimate of drug-likeness (QED) is 0.751. The first-order valence-corrected chi connectivity index (χ1v) is 6.94. The van der Waals surface area contributed by atoms with E-state index in [2.05, 4.69) is 21.4 Å². The Morgan fingerprint density at radius 2 is 2.00 bits per heavy atom. The van der Waals surface area contributed by atoms with Crippen LogP contribution < -0.4 is 5.32 Å². The van der Waals surface area contributed by atoms with Gasteiger partial charge in [-0.3, -0.25) is 4.79 Å². The Hall–Kier alpha value is -1.84. The number of aromatic nitrogens is 2. The summed E-state index contributed by atoms with van der Waals surface area (Å²) in [5.74, 6) is 1.13. The minimum absolute atomic E-state index is 0.0577. The number of H-pyrrole nitrogens is 1. The fourth-order valence-electron chi connectivity index (χ4n) is 2.16. The summed E-state index contributed by atoms with van der Waals surface area (Å²) in [6.07, 6.45) is 5.52. The molecule has 0 bridgehead atoms. The molecular weight excluding hydrogens is 238 g/mol. The molecule has 4 nitrogen and oxygen atoms in total. The van der Waals surface area contributed by atoms with Crippen LogP contribution in [0.1, 0.15) is 38.4 Å². The van der Waals surface area contributed by atoms with Crippen LogP contribution in [0, 0.1) is 0 Å². The van der Waals surface area contributed by atoms with Crippen LogP contribution in [0.2, 0.25) is 0 Å². The van der Waals surface area contributed by atoms with E-state index in [-0.39, 0.29) is 5.91 Å². The number of para-hydroxylation sites is 2. The summed E-state index contributed by atoms with van der Waals surface area (Å²) in [6, 6.07) is 8.11. The second kappa shape index (κ2) is 6.92. The van der Waals surface area contributed by atoms with E-state index in [0.717, 1.165) is 49.1 Å². The summed E-state index contributed by atoms with van der Waals surface area (Å²) in [4.78, 5) is 18.6. The lowest BCUT2D eigenvalue weighted by Gasteiger charge is -2.01. The van der Waals surface area contributed by atoms with Crippen molar-refractivity contribution in [3.8, 4) is 0 Å². The molecule has 0 atom stereocenters. The van der Waals surface area contributed by atoms with Crippen molar-refractivity contribution < 1.29 is 4.79 Å². The second-order valence-corrected chi connectivity index (χ2v) is 4.85. The standard InChI is InChI=1S/C15H21N3O/c1-12(19)16-11-7-3-2-4-10-15-17-13-8-5-6-9-14(13)18-15/h5-6,8-9H,2-4,7,10-11H2,1H3,(H,16,19)(H,17,18). The van der Waals surface area contributed by atoms with Gasteiger partial charge >= 0.3 is 0 Å². The molecule has 19 heavy (non-hydrogen) atoms. The van der Waals surface area contributed by atoms with Gasteiger partial charge in [0.2, 0.25) is 5.91 Å². The molecule has 0 aliphatic carbocycles. The van der Waals surface area contributed by atoms with Crippen LogP contribution in [0.5, 0.6) is 0 Å². The van der Waals surface area contributed by atoms with Crippen molar-refractivity contribution in [2.75, 3.05) is 6.54 Å². The summed E-state index contributed by atoms with van der Waals surface area (Å²) in [5.41, 5.74) is 2.16. The van der Waals surface area contributed by atoms with Crippen LogP contribution in [-0.4, -0.2) is 22.4 Å². The van der Waals surface area contributed by atoms with Crippen LogP contribution in [0.4, 0.5) is 0 Å². The Balaban J connectivity index is 1.64. The molecule has 2 aromatic rings. The maximum absolute atomic E-state index is 10.7. The predicted octanol–water partition coefficient (Wildman–Crippen LogP) is 2.80. The fourth-order valence-corrected chi connectivity index (χ4v) is 2.16. The number of imidazole rings is 1. The van der Waals surface area contributed by atoms with Crippen molar-refractivity contribution in [2.24, 2.45) is 0 Å². The van der Waals surface area contributed by atoms with E-state index in [4.69, 9.17) is 0 Å². The average molecular weight is 259 g/mol. The lowest BCUT2D eigenvalue weighted by Crippen LogP contribution is -2.20. The SMILES string of the molecule is CC(=O)NCCCCCCc1nc2ccccc2[nH]1. The lowest BCUT2D eigenvalue weighted by atomic mass is 10.1. The van der Waals surface area contributed by atoms with Gasteiger partial charge in [0.25, 0.3) is 0 Å². The Kier molecular flexibility index (Phi) is 4.95. The average Bonchev–Trinajstić information content (AvgIpc) is 2.79. The first-order chi connectivity index (χ1) is 9.25. The van der Waals surface area contributed by atoms with E-state index in [0.29, 0.717) is 0 Å². The summed E-state index contributed by atoms with van der Waals surface area (Å²) < 4.78 is 0. The molecule has 0 fully saturated rings. The van der Waals surface area contributed by atoms with Crippen molar-refractivity contribution in [3.05, 3.63) is 30.1 Å². The molecule has 1 aromatic heterocycles. The van der Waals surface area contributed by atoms with Crippen LogP contribution in [0.25, 0.3) is 11.0 Å². The third-order valence-electron chi connectivity index (χ3n) is 3.15. The molecule has 0 aliphatic heterocycles. The van der Waals surface area contributed by atoms with Crippen molar-refractivity contribution >= 4 is 16.9 Å². The van der Waals surface area contributed by atoms with Gasteiger partial charge in [0, 0.05) is 19.9 Å². The Bertz CT molecular complexity index is 500. The van der Waals surface area contributed by atoms with E-state index in [1.807, 2.05) is 18.2 Å². The van der Waals surface area contributed by atoms with E-state index in [9.17, 15) is 4.79 Å². The number of hydrogen-bond acceptors (Lipinski definition) is 2. The van der Waals surface area contributed by atoms with Gasteiger partial charge in [0.1, 0.15) is 5.82 Å². The normalized spacial score (nSPS) is 10.8. The van der Waals surface area contributed by atoms with Crippen molar-refractivity contribution in [3.63, 3.8) is 0 Å². The molecule has 1 amide bonds. The van der Waals surface area contributed by atoms with Gasteiger partial charge in [-0.2, -0.15) is 0 Å². The number of nitrogens with zero attached hydrogens (tertiary/aromatic N) is 1. The highest BCUT2D eigenvalue weighted by atomic mass is 16.1. The monoisotopic (exact) mass is 259 g/mol. The number of nitrogens with one attached hydrogen (secondary N) is 2. The lowest BCUT2D eigenvalue weighted by molar-refractivity contribution is -0.118. The number of amides is 1. The minimum Gasteiger partial charge on any atom is -0.356 e. The van der Waals surface area contributed by atoms with Crippen LogP contribution >= 0.6 is 0 Å². The number of aromatic amines is 1. The smallest absolute Gasteiger partial charge is 0.216 e. The van der Waals surface area contributed by atoms with Gasteiger partial charge in [-0.15, -0.1) is 0 Å². The minimum atomic E-state index is 0.0577. The van der Waals surface area contributed by atoms with Crippen molar-refractivity contribution in [2.45, 2.75) is 39.0 Å². The molecule has 1 aromatic carbocycles. The zero-order valence-corrected chi connectivity index (χ0v) is 11.4. The van der Waals surface area contributed by atoms with Gasteiger partial charge in [-0.05, 0) is 25.0 Å². The molecule has 2 rings (SSSR count). The molecule has 2 N–H and O–H groups in total. The van der Waals surface area contributed by atoms with E-state index in [1.165, 1.54) is 6.42 Å². The second-order valence-electron chi connectivity index (χ2n) is 4.85.